The number of rotatable bonds is 3. The van der Waals surface area contributed by atoms with E-state index in [1.54, 1.807) is 23.2 Å². The van der Waals surface area contributed by atoms with Gasteiger partial charge in [0, 0.05) is 24.8 Å². The number of nitrogens with zero attached hydrogens (tertiary/aromatic N) is 3. The molecule has 1 heterocycles. The topological polar surface area (TPSA) is 57.0 Å². The SMILES string of the molecule is CN(C(=O)c1ccnc(CC#N)c1)C1CCC1. The summed E-state index contributed by atoms with van der Waals surface area (Å²) in [5.41, 5.74) is 1.28. The summed E-state index contributed by atoms with van der Waals surface area (Å²) >= 11 is 0. The highest BCUT2D eigenvalue weighted by Gasteiger charge is 2.26. The first kappa shape index (κ1) is 11.6. The second kappa shape index (κ2) is 4.96. The summed E-state index contributed by atoms with van der Waals surface area (Å²) in [6, 6.07) is 5.84. The van der Waals surface area contributed by atoms with Gasteiger partial charge < -0.3 is 4.90 Å². The number of hydrogen-bond donors (Lipinski definition) is 0. The number of pyridine rings is 1. The third-order valence-corrected chi connectivity index (χ3v) is 3.27. The molecule has 1 aromatic rings. The van der Waals surface area contributed by atoms with Gasteiger partial charge in [0.05, 0.1) is 18.2 Å². The van der Waals surface area contributed by atoms with Crippen molar-refractivity contribution >= 4 is 5.91 Å². The van der Waals surface area contributed by atoms with Crippen LogP contribution < -0.4 is 0 Å². The lowest BCUT2D eigenvalue weighted by Gasteiger charge is -2.34. The van der Waals surface area contributed by atoms with E-state index in [1.807, 2.05) is 13.1 Å². The van der Waals surface area contributed by atoms with Crippen LogP contribution in [0.5, 0.6) is 0 Å². The standard InChI is InChI=1S/C13H15N3O/c1-16(12-3-2-4-12)13(17)10-6-8-15-11(9-10)5-7-14/h6,8-9,12H,2-5H2,1H3. The second-order valence-electron chi connectivity index (χ2n) is 4.37. The maximum Gasteiger partial charge on any atom is 0.253 e. The summed E-state index contributed by atoms with van der Waals surface area (Å²) < 4.78 is 0. The van der Waals surface area contributed by atoms with E-state index < -0.39 is 0 Å². The van der Waals surface area contributed by atoms with Gasteiger partial charge in [0.2, 0.25) is 0 Å². The Balaban J connectivity index is 2.12. The average molecular weight is 229 g/mol. The predicted molar refractivity (Wildman–Crippen MR) is 63.3 cm³/mol. The van der Waals surface area contributed by atoms with Gasteiger partial charge in [-0.25, -0.2) is 0 Å². The minimum atomic E-state index is 0.0243. The third-order valence-electron chi connectivity index (χ3n) is 3.27. The Labute approximate surface area is 101 Å². The van der Waals surface area contributed by atoms with Crippen molar-refractivity contribution in [3.63, 3.8) is 0 Å². The van der Waals surface area contributed by atoms with Crippen LogP contribution in [0.25, 0.3) is 0 Å². The molecular weight excluding hydrogens is 214 g/mol. The lowest BCUT2D eigenvalue weighted by atomic mass is 9.91. The van der Waals surface area contributed by atoms with Gasteiger partial charge in [-0.1, -0.05) is 0 Å². The molecule has 0 radical (unpaired) electrons. The summed E-state index contributed by atoms with van der Waals surface area (Å²) in [5, 5.41) is 8.61. The van der Waals surface area contributed by atoms with Gasteiger partial charge in [0.25, 0.3) is 5.91 Å². The van der Waals surface area contributed by atoms with Gasteiger partial charge in [-0.2, -0.15) is 5.26 Å². The lowest BCUT2D eigenvalue weighted by Crippen LogP contribution is -2.41. The molecule has 0 N–H and O–H groups in total. The van der Waals surface area contributed by atoms with E-state index in [0.29, 0.717) is 17.3 Å². The minimum Gasteiger partial charge on any atom is -0.339 e. The monoisotopic (exact) mass is 229 g/mol. The fourth-order valence-corrected chi connectivity index (χ4v) is 1.93. The molecule has 1 saturated carbocycles. The number of amides is 1. The van der Waals surface area contributed by atoms with E-state index >= 15 is 0 Å². The molecule has 17 heavy (non-hydrogen) atoms. The molecule has 0 aliphatic heterocycles. The lowest BCUT2D eigenvalue weighted by molar-refractivity contribution is 0.0652. The second-order valence-corrected chi connectivity index (χ2v) is 4.37. The van der Waals surface area contributed by atoms with Gasteiger partial charge in [-0.15, -0.1) is 0 Å². The largest absolute Gasteiger partial charge is 0.339 e. The Morgan fingerprint density at radius 3 is 3.00 bits per heavy atom. The smallest absolute Gasteiger partial charge is 0.253 e. The van der Waals surface area contributed by atoms with Crippen molar-refractivity contribution in [3.8, 4) is 6.07 Å². The van der Waals surface area contributed by atoms with Crippen LogP contribution in [-0.4, -0.2) is 28.9 Å². The summed E-state index contributed by atoms with van der Waals surface area (Å²) in [6.45, 7) is 0. The zero-order valence-electron chi connectivity index (χ0n) is 9.89. The van der Waals surface area contributed by atoms with E-state index in [1.165, 1.54) is 6.42 Å². The molecule has 1 aliphatic rings. The number of hydrogen-bond acceptors (Lipinski definition) is 3. The maximum atomic E-state index is 12.2. The molecule has 0 spiro atoms. The van der Waals surface area contributed by atoms with Crippen molar-refractivity contribution in [2.45, 2.75) is 31.7 Å². The third kappa shape index (κ3) is 2.44. The molecule has 0 atom stereocenters. The van der Waals surface area contributed by atoms with E-state index in [0.717, 1.165) is 12.8 Å². The highest BCUT2D eigenvalue weighted by molar-refractivity contribution is 5.94. The van der Waals surface area contributed by atoms with Gasteiger partial charge in [0.1, 0.15) is 0 Å². The number of aromatic nitrogens is 1. The van der Waals surface area contributed by atoms with Crippen LogP contribution in [0.15, 0.2) is 18.3 Å². The van der Waals surface area contributed by atoms with Crippen molar-refractivity contribution < 1.29 is 4.79 Å². The Morgan fingerprint density at radius 2 is 2.41 bits per heavy atom. The van der Waals surface area contributed by atoms with E-state index in [2.05, 4.69) is 4.98 Å². The van der Waals surface area contributed by atoms with Crippen LogP contribution in [0, 0.1) is 11.3 Å². The fourth-order valence-electron chi connectivity index (χ4n) is 1.93. The molecule has 0 unspecified atom stereocenters. The van der Waals surface area contributed by atoms with Crippen LogP contribution in [0.4, 0.5) is 0 Å². The van der Waals surface area contributed by atoms with Crippen molar-refractivity contribution in [1.82, 2.24) is 9.88 Å². The highest BCUT2D eigenvalue weighted by atomic mass is 16.2. The predicted octanol–water partition coefficient (Wildman–Crippen LogP) is 1.77. The van der Waals surface area contributed by atoms with Crippen molar-refractivity contribution in [2.75, 3.05) is 7.05 Å². The molecule has 1 aromatic heterocycles. The Kier molecular flexibility index (Phi) is 3.38. The highest BCUT2D eigenvalue weighted by Crippen LogP contribution is 2.24. The average Bonchev–Trinajstić information content (AvgIpc) is 2.26. The summed E-state index contributed by atoms with van der Waals surface area (Å²) in [7, 11) is 1.84. The van der Waals surface area contributed by atoms with Crippen molar-refractivity contribution in [1.29, 1.82) is 5.26 Å². The number of carbonyl (C=O) groups is 1. The van der Waals surface area contributed by atoms with E-state index in [9.17, 15) is 4.79 Å². The molecule has 1 aliphatic carbocycles. The van der Waals surface area contributed by atoms with Gasteiger partial charge in [0.15, 0.2) is 0 Å². The summed E-state index contributed by atoms with van der Waals surface area (Å²) in [5.74, 6) is 0.0243. The molecule has 0 aromatic carbocycles. The van der Waals surface area contributed by atoms with Crippen molar-refractivity contribution in [3.05, 3.63) is 29.6 Å². The molecular formula is C13H15N3O. The Hall–Kier alpha value is -1.89. The quantitative estimate of drug-likeness (QED) is 0.793. The molecule has 4 heteroatoms. The zero-order valence-corrected chi connectivity index (χ0v) is 9.89. The van der Waals surface area contributed by atoms with Crippen LogP contribution >= 0.6 is 0 Å². The zero-order chi connectivity index (χ0) is 12.3. The summed E-state index contributed by atoms with van der Waals surface area (Å²) in [6.07, 6.45) is 5.23. The first-order valence-electron chi connectivity index (χ1n) is 5.81. The molecule has 88 valence electrons. The summed E-state index contributed by atoms with van der Waals surface area (Å²) in [4.78, 5) is 18.0. The Morgan fingerprint density at radius 1 is 1.65 bits per heavy atom. The Bertz CT molecular complexity index is 460. The van der Waals surface area contributed by atoms with Gasteiger partial charge in [-0.05, 0) is 31.4 Å². The molecule has 2 rings (SSSR count). The first-order chi connectivity index (χ1) is 8.22. The van der Waals surface area contributed by atoms with Gasteiger partial charge in [-0.3, -0.25) is 9.78 Å². The molecule has 0 saturated heterocycles. The molecule has 4 nitrogen and oxygen atoms in total. The van der Waals surface area contributed by atoms with Gasteiger partial charge >= 0.3 is 0 Å². The van der Waals surface area contributed by atoms with E-state index in [-0.39, 0.29) is 12.3 Å². The van der Waals surface area contributed by atoms with Crippen LogP contribution in [-0.2, 0) is 6.42 Å². The van der Waals surface area contributed by atoms with Crippen LogP contribution in [0.2, 0.25) is 0 Å². The molecule has 1 fully saturated rings. The molecule has 1 amide bonds. The van der Waals surface area contributed by atoms with Crippen LogP contribution in [0.1, 0.15) is 35.3 Å². The molecule has 0 bridgehead atoms. The van der Waals surface area contributed by atoms with Crippen molar-refractivity contribution in [2.24, 2.45) is 0 Å². The van der Waals surface area contributed by atoms with Crippen LogP contribution in [0.3, 0.4) is 0 Å². The van der Waals surface area contributed by atoms with E-state index in [4.69, 9.17) is 5.26 Å². The minimum absolute atomic E-state index is 0.0243. The number of nitriles is 1. The maximum absolute atomic E-state index is 12.2. The fraction of sp³-hybridized carbons (Fsp3) is 0.462. The first-order valence-corrected chi connectivity index (χ1v) is 5.81. The normalized spacial score (nSPS) is 14.8. The number of carbonyl (C=O) groups excluding carboxylic acids is 1.